The van der Waals surface area contributed by atoms with Crippen molar-refractivity contribution < 1.29 is 9.72 Å². The SMILES string of the molecule is CC(Sc1nnc(NCc2ccccc2)s1)C(=O)Nc1ccc([N+](=O)[O-])cc1. The van der Waals surface area contributed by atoms with Gasteiger partial charge in [0.1, 0.15) is 0 Å². The Balaban J connectivity index is 1.51. The number of carbonyl (C=O) groups excluding carboxylic acids is 1. The molecule has 1 amide bonds. The summed E-state index contributed by atoms with van der Waals surface area (Å²) in [5, 5.41) is 25.1. The van der Waals surface area contributed by atoms with E-state index in [0.29, 0.717) is 21.7 Å². The number of rotatable bonds is 8. The normalized spacial score (nSPS) is 11.6. The van der Waals surface area contributed by atoms with E-state index in [1.807, 2.05) is 30.3 Å². The number of hydrogen-bond donors (Lipinski definition) is 2. The van der Waals surface area contributed by atoms with Crippen LogP contribution in [-0.2, 0) is 11.3 Å². The zero-order valence-electron chi connectivity index (χ0n) is 14.9. The minimum absolute atomic E-state index is 0.0233. The Morgan fingerprint density at radius 3 is 2.57 bits per heavy atom. The molecule has 1 aromatic heterocycles. The molecule has 0 spiro atoms. The van der Waals surface area contributed by atoms with Gasteiger partial charge in [0.25, 0.3) is 5.69 Å². The predicted molar refractivity (Wildman–Crippen MR) is 111 cm³/mol. The lowest BCUT2D eigenvalue weighted by Gasteiger charge is -2.10. The average Bonchev–Trinajstić information content (AvgIpc) is 3.15. The van der Waals surface area contributed by atoms with Crippen LogP contribution in [0.3, 0.4) is 0 Å². The molecule has 1 heterocycles. The smallest absolute Gasteiger partial charge is 0.269 e. The van der Waals surface area contributed by atoms with E-state index in [1.165, 1.54) is 47.4 Å². The van der Waals surface area contributed by atoms with Crippen molar-refractivity contribution in [2.45, 2.75) is 23.1 Å². The molecule has 0 radical (unpaired) electrons. The molecule has 1 atom stereocenters. The topological polar surface area (TPSA) is 110 Å². The van der Waals surface area contributed by atoms with Gasteiger partial charge in [-0.3, -0.25) is 14.9 Å². The van der Waals surface area contributed by atoms with Crippen LogP contribution >= 0.6 is 23.1 Å². The van der Waals surface area contributed by atoms with Crippen molar-refractivity contribution in [1.29, 1.82) is 0 Å². The van der Waals surface area contributed by atoms with Crippen LogP contribution in [0.2, 0.25) is 0 Å². The van der Waals surface area contributed by atoms with Crippen molar-refractivity contribution in [3.63, 3.8) is 0 Å². The van der Waals surface area contributed by atoms with E-state index in [1.54, 1.807) is 6.92 Å². The summed E-state index contributed by atoms with van der Waals surface area (Å²) in [5.74, 6) is -0.215. The number of thioether (sulfide) groups is 1. The molecule has 3 aromatic rings. The number of non-ortho nitro benzene ring substituents is 1. The van der Waals surface area contributed by atoms with Crippen LogP contribution in [0.1, 0.15) is 12.5 Å². The van der Waals surface area contributed by atoms with Gasteiger partial charge in [0, 0.05) is 24.4 Å². The molecule has 0 aliphatic carbocycles. The molecule has 3 rings (SSSR count). The van der Waals surface area contributed by atoms with Gasteiger partial charge in [-0.1, -0.05) is 53.4 Å². The summed E-state index contributed by atoms with van der Waals surface area (Å²) in [5.41, 5.74) is 1.62. The van der Waals surface area contributed by atoms with Gasteiger partial charge in [-0.2, -0.15) is 0 Å². The predicted octanol–water partition coefficient (Wildman–Crippen LogP) is 4.18. The summed E-state index contributed by atoms with van der Waals surface area (Å²) in [7, 11) is 0. The highest BCUT2D eigenvalue weighted by Gasteiger charge is 2.18. The standard InChI is InChI=1S/C18H17N5O3S2/c1-12(16(24)20-14-7-9-15(10-8-14)23(25)26)27-18-22-21-17(28-18)19-11-13-5-3-2-4-6-13/h2-10,12H,11H2,1H3,(H,19,21)(H,20,24). The molecule has 2 N–H and O–H groups in total. The van der Waals surface area contributed by atoms with Crippen LogP contribution in [0, 0.1) is 10.1 Å². The number of nitrogens with zero attached hydrogens (tertiary/aromatic N) is 3. The van der Waals surface area contributed by atoms with Crippen LogP contribution in [0.15, 0.2) is 58.9 Å². The second-order valence-corrected chi connectivity index (χ2v) is 8.33. The number of carbonyl (C=O) groups is 1. The van der Waals surface area contributed by atoms with Gasteiger partial charge in [0.15, 0.2) is 4.34 Å². The van der Waals surface area contributed by atoms with Crippen LogP contribution < -0.4 is 10.6 Å². The fourth-order valence-electron chi connectivity index (χ4n) is 2.22. The second-order valence-electron chi connectivity index (χ2n) is 5.77. The third-order valence-electron chi connectivity index (χ3n) is 3.69. The van der Waals surface area contributed by atoms with Crippen molar-refractivity contribution in [1.82, 2.24) is 10.2 Å². The first-order valence-electron chi connectivity index (χ1n) is 8.34. The van der Waals surface area contributed by atoms with Crippen molar-refractivity contribution in [2.24, 2.45) is 0 Å². The minimum atomic E-state index is -0.483. The number of anilines is 2. The highest BCUT2D eigenvalue weighted by Crippen LogP contribution is 2.29. The molecule has 10 heteroatoms. The lowest BCUT2D eigenvalue weighted by atomic mass is 10.2. The Morgan fingerprint density at radius 2 is 1.89 bits per heavy atom. The zero-order chi connectivity index (χ0) is 19.9. The molecule has 8 nitrogen and oxygen atoms in total. The lowest BCUT2D eigenvalue weighted by Crippen LogP contribution is -2.22. The number of nitro groups is 1. The van der Waals surface area contributed by atoms with Gasteiger partial charge in [0.2, 0.25) is 11.0 Å². The number of benzene rings is 2. The van der Waals surface area contributed by atoms with Crippen LogP contribution in [0.25, 0.3) is 0 Å². The average molecular weight is 416 g/mol. The number of hydrogen-bond acceptors (Lipinski definition) is 8. The number of nitrogens with one attached hydrogen (secondary N) is 2. The largest absolute Gasteiger partial charge is 0.356 e. The molecule has 0 saturated heterocycles. The van der Waals surface area contributed by atoms with E-state index < -0.39 is 10.2 Å². The third-order valence-corrected chi connectivity index (χ3v) is 5.75. The van der Waals surface area contributed by atoms with Crippen molar-refractivity contribution >= 4 is 45.5 Å². The van der Waals surface area contributed by atoms with E-state index in [2.05, 4.69) is 20.8 Å². The summed E-state index contributed by atoms with van der Waals surface area (Å²) in [6.07, 6.45) is 0. The third kappa shape index (κ3) is 5.51. The zero-order valence-corrected chi connectivity index (χ0v) is 16.5. The van der Waals surface area contributed by atoms with Crippen molar-refractivity contribution in [3.8, 4) is 0 Å². The Kier molecular flexibility index (Phi) is 6.56. The highest BCUT2D eigenvalue weighted by atomic mass is 32.2. The molecule has 0 aliphatic heterocycles. The molecule has 1 unspecified atom stereocenters. The fraction of sp³-hybridized carbons (Fsp3) is 0.167. The number of aromatic nitrogens is 2. The van der Waals surface area contributed by atoms with Crippen LogP contribution in [-0.4, -0.2) is 26.3 Å². The van der Waals surface area contributed by atoms with E-state index in [4.69, 9.17) is 0 Å². The Morgan fingerprint density at radius 1 is 1.18 bits per heavy atom. The van der Waals surface area contributed by atoms with Gasteiger partial charge in [0.05, 0.1) is 10.2 Å². The quantitative estimate of drug-likeness (QED) is 0.323. The monoisotopic (exact) mass is 415 g/mol. The molecule has 0 saturated carbocycles. The second kappa shape index (κ2) is 9.29. The first kappa shape index (κ1) is 19.8. The van der Waals surface area contributed by atoms with E-state index in [-0.39, 0.29) is 11.6 Å². The lowest BCUT2D eigenvalue weighted by molar-refractivity contribution is -0.384. The molecule has 144 valence electrons. The first-order valence-corrected chi connectivity index (χ1v) is 10.0. The summed E-state index contributed by atoms with van der Waals surface area (Å²) in [4.78, 5) is 22.5. The minimum Gasteiger partial charge on any atom is -0.356 e. The molecule has 0 fully saturated rings. The van der Waals surface area contributed by atoms with Gasteiger partial charge in [-0.15, -0.1) is 10.2 Å². The van der Waals surface area contributed by atoms with Gasteiger partial charge < -0.3 is 10.6 Å². The molecule has 0 bridgehead atoms. The summed E-state index contributed by atoms with van der Waals surface area (Å²) in [6, 6.07) is 15.7. The summed E-state index contributed by atoms with van der Waals surface area (Å²) in [6.45, 7) is 2.42. The van der Waals surface area contributed by atoms with E-state index >= 15 is 0 Å². The molecular formula is C18H17N5O3S2. The first-order chi connectivity index (χ1) is 13.5. The Hall–Kier alpha value is -2.98. The number of nitro benzene ring substituents is 1. The van der Waals surface area contributed by atoms with Gasteiger partial charge in [-0.05, 0) is 24.6 Å². The highest BCUT2D eigenvalue weighted by molar-refractivity contribution is 8.02. The van der Waals surface area contributed by atoms with Crippen molar-refractivity contribution in [2.75, 3.05) is 10.6 Å². The number of amides is 1. The maximum absolute atomic E-state index is 12.3. The maximum atomic E-state index is 12.3. The van der Waals surface area contributed by atoms with E-state index in [9.17, 15) is 14.9 Å². The van der Waals surface area contributed by atoms with Crippen molar-refractivity contribution in [3.05, 3.63) is 70.3 Å². The molecule has 28 heavy (non-hydrogen) atoms. The molecule has 2 aromatic carbocycles. The maximum Gasteiger partial charge on any atom is 0.269 e. The summed E-state index contributed by atoms with van der Waals surface area (Å²) >= 11 is 2.69. The Labute approximate surface area is 169 Å². The van der Waals surface area contributed by atoms with Crippen LogP contribution in [0.5, 0.6) is 0 Å². The molecule has 0 aliphatic rings. The summed E-state index contributed by atoms with van der Waals surface area (Å²) < 4.78 is 0.682. The van der Waals surface area contributed by atoms with E-state index in [0.717, 1.165) is 5.56 Å². The van der Waals surface area contributed by atoms with Crippen LogP contribution in [0.4, 0.5) is 16.5 Å². The Bertz CT molecular complexity index is 947. The van der Waals surface area contributed by atoms with Gasteiger partial charge >= 0.3 is 0 Å². The van der Waals surface area contributed by atoms with Gasteiger partial charge in [-0.25, -0.2) is 0 Å². The molecular weight excluding hydrogens is 398 g/mol. The fourth-order valence-corrected chi connectivity index (χ4v) is 4.11.